The molecule has 1 amide bonds. The van der Waals surface area contributed by atoms with Gasteiger partial charge in [-0.15, -0.1) is 11.3 Å². The van der Waals surface area contributed by atoms with Crippen molar-refractivity contribution in [3.8, 4) is 6.07 Å². The summed E-state index contributed by atoms with van der Waals surface area (Å²) in [4.78, 5) is 12.8. The number of nitrogens with zero attached hydrogens (tertiary/aromatic N) is 1. The summed E-state index contributed by atoms with van der Waals surface area (Å²) in [5.41, 5.74) is 0. The lowest BCUT2D eigenvalue weighted by Gasteiger charge is -2.17. The molecule has 1 aromatic heterocycles. The van der Waals surface area contributed by atoms with Crippen molar-refractivity contribution in [1.29, 1.82) is 5.26 Å². The Balaban J connectivity index is 2.66. The maximum Gasteiger partial charge on any atom is 0.237 e. The minimum absolute atomic E-state index is 0.0494. The Morgan fingerprint density at radius 2 is 2.44 bits per heavy atom. The Hall–Kier alpha value is -1.34. The maximum atomic E-state index is 11.6. The van der Waals surface area contributed by atoms with Gasteiger partial charge in [-0.1, -0.05) is 19.4 Å². The van der Waals surface area contributed by atoms with E-state index in [9.17, 15) is 4.79 Å². The normalized spacial score (nSPS) is 13.8. The number of rotatable bonds is 5. The van der Waals surface area contributed by atoms with Crippen LogP contribution in [0.1, 0.15) is 37.6 Å². The van der Waals surface area contributed by atoms with Crippen LogP contribution in [0.2, 0.25) is 0 Å². The van der Waals surface area contributed by atoms with Crippen molar-refractivity contribution in [3.63, 3.8) is 0 Å². The third kappa shape index (κ3) is 3.35. The molecule has 2 unspecified atom stereocenters. The van der Waals surface area contributed by atoms with Crippen molar-refractivity contribution in [2.24, 2.45) is 5.92 Å². The van der Waals surface area contributed by atoms with Crippen molar-refractivity contribution in [3.05, 3.63) is 22.4 Å². The molecule has 16 heavy (non-hydrogen) atoms. The topological polar surface area (TPSA) is 52.9 Å². The molecule has 0 aliphatic heterocycles. The van der Waals surface area contributed by atoms with Gasteiger partial charge in [0.2, 0.25) is 5.91 Å². The minimum atomic E-state index is -0.584. The van der Waals surface area contributed by atoms with Gasteiger partial charge in [0.25, 0.3) is 0 Å². The van der Waals surface area contributed by atoms with Crippen LogP contribution in [0.5, 0.6) is 0 Å². The van der Waals surface area contributed by atoms with Crippen LogP contribution in [0.15, 0.2) is 17.5 Å². The minimum Gasteiger partial charge on any atom is -0.347 e. The van der Waals surface area contributed by atoms with Crippen LogP contribution in [-0.4, -0.2) is 5.91 Å². The molecule has 0 fully saturated rings. The van der Waals surface area contributed by atoms with E-state index in [1.807, 2.05) is 23.6 Å². The molecule has 1 rings (SSSR count). The summed E-state index contributed by atoms with van der Waals surface area (Å²) in [5.74, 6) is -0.770. The fourth-order valence-corrected chi connectivity index (χ4v) is 2.23. The predicted molar refractivity (Wildman–Crippen MR) is 64.9 cm³/mol. The Morgan fingerprint density at radius 1 is 1.69 bits per heavy atom. The van der Waals surface area contributed by atoms with E-state index in [0.29, 0.717) is 0 Å². The van der Waals surface area contributed by atoms with Gasteiger partial charge in [0, 0.05) is 4.88 Å². The van der Waals surface area contributed by atoms with Gasteiger partial charge in [0.15, 0.2) is 0 Å². The van der Waals surface area contributed by atoms with E-state index in [0.717, 1.165) is 17.7 Å². The zero-order chi connectivity index (χ0) is 12.0. The molecule has 0 aromatic carbocycles. The Labute approximate surface area is 100 Å². The second kappa shape index (κ2) is 6.29. The first-order valence-electron chi connectivity index (χ1n) is 5.42. The first kappa shape index (κ1) is 12.7. The molecule has 2 atom stereocenters. The molecule has 0 spiro atoms. The van der Waals surface area contributed by atoms with Crippen molar-refractivity contribution in [1.82, 2.24) is 5.32 Å². The molecule has 3 nitrogen and oxygen atoms in total. The van der Waals surface area contributed by atoms with Gasteiger partial charge >= 0.3 is 0 Å². The van der Waals surface area contributed by atoms with E-state index in [4.69, 9.17) is 5.26 Å². The average molecular weight is 236 g/mol. The fraction of sp³-hybridized carbons (Fsp3) is 0.500. The third-order valence-electron chi connectivity index (χ3n) is 2.37. The van der Waals surface area contributed by atoms with Gasteiger partial charge in [-0.2, -0.15) is 5.26 Å². The monoisotopic (exact) mass is 236 g/mol. The number of thiophene rings is 1. The summed E-state index contributed by atoms with van der Waals surface area (Å²) in [6, 6.07) is 5.99. The largest absolute Gasteiger partial charge is 0.347 e. The van der Waals surface area contributed by atoms with Gasteiger partial charge in [-0.05, 0) is 24.8 Å². The van der Waals surface area contributed by atoms with Crippen molar-refractivity contribution >= 4 is 17.2 Å². The molecule has 0 bridgehead atoms. The average Bonchev–Trinajstić information content (AvgIpc) is 2.80. The van der Waals surface area contributed by atoms with Crippen LogP contribution in [0.4, 0.5) is 0 Å². The summed E-state index contributed by atoms with van der Waals surface area (Å²) >= 11 is 1.63. The molecular weight excluding hydrogens is 220 g/mol. The molecule has 0 saturated heterocycles. The third-order valence-corrected chi connectivity index (χ3v) is 3.35. The van der Waals surface area contributed by atoms with Gasteiger partial charge in [0.1, 0.15) is 5.92 Å². The second-order valence-electron chi connectivity index (χ2n) is 3.72. The number of hydrogen-bond acceptors (Lipinski definition) is 3. The van der Waals surface area contributed by atoms with Crippen LogP contribution in [-0.2, 0) is 4.79 Å². The van der Waals surface area contributed by atoms with Gasteiger partial charge in [-0.25, -0.2) is 0 Å². The lowest BCUT2D eigenvalue weighted by Crippen LogP contribution is -2.31. The molecular formula is C12H16N2OS. The van der Waals surface area contributed by atoms with E-state index in [1.54, 1.807) is 18.3 Å². The van der Waals surface area contributed by atoms with Gasteiger partial charge < -0.3 is 5.32 Å². The standard InChI is InChI=1S/C12H16N2OS/c1-3-5-10(11-6-4-7-16-11)14-12(15)9(2)8-13/h4,6-7,9-10H,3,5H2,1-2H3,(H,14,15). The molecule has 0 radical (unpaired) electrons. The van der Waals surface area contributed by atoms with E-state index in [2.05, 4.69) is 12.2 Å². The van der Waals surface area contributed by atoms with Gasteiger partial charge in [-0.3, -0.25) is 4.79 Å². The highest BCUT2D eigenvalue weighted by Gasteiger charge is 2.18. The zero-order valence-corrected chi connectivity index (χ0v) is 10.4. The summed E-state index contributed by atoms with van der Waals surface area (Å²) in [6.07, 6.45) is 1.91. The van der Waals surface area contributed by atoms with E-state index >= 15 is 0 Å². The number of hydrogen-bond donors (Lipinski definition) is 1. The first-order chi connectivity index (χ1) is 7.69. The Morgan fingerprint density at radius 3 is 2.94 bits per heavy atom. The highest BCUT2D eigenvalue weighted by molar-refractivity contribution is 7.10. The number of nitrogens with one attached hydrogen (secondary N) is 1. The van der Waals surface area contributed by atoms with Crippen LogP contribution in [0.25, 0.3) is 0 Å². The molecule has 0 saturated carbocycles. The molecule has 4 heteroatoms. The number of nitriles is 1. The molecule has 0 aliphatic rings. The summed E-state index contributed by atoms with van der Waals surface area (Å²) in [7, 11) is 0. The maximum absolute atomic E-state index is 11.6. The second-order valence-corrected chi connectivity index (χ2v) is 4.70. The van der Waals surface area contributed by atoms with E-state index in [-0.39, 0.29) is 11.9 Å². The highest BCUT2D eigenvalue weighted by atomic mass is 32.1. The molecule has 1 aromatic rings. The van der Waals surface area contributed by atoms with Crippen LogP contribution >= 0.6 is 11.3 Å². The van der Waals surface area contributed by atoms with Crippen LogP contribution in [0, 0.1) is 17.2 Å². The van der Waals surface area contributed by atoms with E-state index < -0.39 is 5.92 Å². The molecule has 1 heterocycles. The van der Waals surface area contributed by atoms with E-state index in [1.165, 1.54) is 0 Å². The number of carbonyl (C=O) groups is 1. The van der Waals surface area contributed by atoms with Gasteiger partial charge in [0.05, 0.1) is 12.1 Å². The number of amides is 1. The lowest BCUT2D eigenvalue weighted by molar-refractivity contribution is -0.123. The Kier molecular flexibility index (Phi) is 5.00. The summed E-state index contributed by atoms with van der Waals surface area (Å²) < 4.78 is 0. The smallest absolute Gasteiger partial charge is 0.237 e. The van der Waals surface area contributed by atoms with Crippen molar-refractivity contribution < 1.29 is 4.79 Å². The Bertz CT molecular complexity index is 367. The highest BCUT2D eigenvalue weighted by Crippen LogP contribution is 2.23. The SMILES string of the molecule is CCCC(NC(=O)C(C)C#N)c1cccs1. The fourth-order valence-electron chi connectivity index (χ4n) is 1.42. The first-order valence-corrected chi connectivity index (χ1v) is 6.30. The molecule has 0 aliphatic carbocycles. The van der Waals surface area contributed by atoms with Crippen molar-refractivity contribution in [2.45, 2.75) is 32.7 Å². The van der Waals surface area contributed by atoms with Crippen LogP contribution in [0.3, 0.4) is 0 Å². The summed E-state index contributed by atoms with van der Waals surface area (Å²) in [6.45, 7) is 3.70. The summed E-state index contributed by atoms with van der Waals surface area (Å²) in [5, 5.41) is 13.6. The quantitative estimate of drug-likeness (QED) is 0.854. The lowest BCUT2D eigenvalue weighted by atomic mass is 10.1. The molecule has 1 N–H and O–H groups in total. The zero-order valence-electron chi connectivity index (χ0n) is 9.56. The molecule has 86 valence electrons. The predicted octanol–water partition coefficient (Wildman–Crippen LogP) is 2.87. The van der Waals surface area contributed by atoms with Crippen LogP contribution < -0.4 is 5.32 Å². The number of carbonyl (C=O) groups excluding carboxylic acids is 1. The van der Waals surface area contributed by atoms with Crippen molar-refractivity contribution in [2.75, 3.05) is 0 Å².